The predicted molar refractivity (Wildman–Crippen MR) is 95.1 cm³/mol. The summed E-state index contributed by atoms with van der Waals surface area (Å²) in [7, 11) is 3.54. The van der Waals surface area contributed by atoms with E-state index in [-0.39, 0.29) is 5.91 Å². The Labute approximate surface area is 146 Å². The molecule has 7 nitrogen and oxygen atoms in total. The molecule has 0 saturated carbocycles. The summed E-state index contributed by atoms with van der Waals surface area (Å²) in [4.78, 5) is 22.7. The lowest BCUT2D eigenvalue weighted by molar-refractivity contribution is 0.0785. The largest absolute Gasteiger partial charge is 0.357 e. The Balaban J connectivity index is 1.68. The molecular weight excluding hydrogens is 316 g/mol. The second kappa shape index (κ2) is 7.57. The maximum absolute atomic E-state index is 12.7. The number of amides is 1. The lowest BCUT2D eigenvalue weighted by Gasteiger charge is -2.17. The molecule has 0 unspecified atom stereocenters. The van der Waals surface area contributed by atoms with E-state index in [4.69, 9.17) is 0 Å². The van der Waals surface area contributed by atoms with Crippen molar-refractivity contribution in [2.45, 2.75) is 13.1 Å². The molecule has 0 saturated heterocycles. The Hall–Kier alpha value is -3.22. The van der Waals surface area contributed by atoms with Crippen molar-refractivity contribution in [2.24, 2.45) is 0 Å². The monoisotopic (exact) mass is 336 g/mol. The third kappa shape index (κ3) is 4.20. The molecule has 1 amide bonds. The molecule has 3 aromatic rings. The van der Waals surface area contributed by atoms with E-state index in [1.54, 1.807) is 37.6 Å². The third-order valence-electron chi connectivity index (χ3n) is 3.77. The van der Waals surface area contributed by atoms with Crippen LogP contribution in [0.3, 0.4) is 0 Å². The lowest BCUT2D eigenvalue weighted by Crippen LogP contribution is -2.26. The third-order valence-corrected chi connectivity index (χ3v) is 3.77. The van der Waals surface area contributed by atoms with E-state index in [0.29, 0.717) is 24.6 Å². The molecule has 7 heteroatoms. The fourth-order valence-corrected chi connectivity index (χ4v) is 2.52. The van der Waals surface area contributed by atoms with Crippen molar-refractivity contribution in [1.82, 2.24) is 24.6 Å². The number of carbonyl (C=O) groups is 1. The first-order valence-electron chi connectivity index (χ1n) is 7.96. The molecule has 0 fully saturated rings. The topological polar surface area (TPSA) is 75.9 Å². The molecule has 0 bridgehead atoms. The van der Waals surface area contributed by atoms with E-state index < -0.39 is 0 Å². The maximum Gasteiger partial charge on any atom is 0.253 e. The van der Waals surface area contributed by atoms with E-state index >= 15 is 0 Å². The zero-order valence-corrected chi connectivity index (χ0v) is 14.3. The summed E-state index contributed by atoms with van der Waals surface area (Å²) in [5, 5.41) is 7.06. The Morgan fingerprint density at radius 1 is 1.20 bits per heavy atom. The van der Waals surface area contributed by atoms with Gasteiger partial charge in [-0.3, -0.25) is 9.48 Å². The van der Waals surface area contributed by atoms with Gasteiger partial charge in [-0.2, -0.15) is 5.10 Å². The molecular formula is C18H20N6O. The first-order valence-corrected chi connectivity index (χ1v) is 7.96. The second-order valence-corrected chi connectivity index (χ2v) is 5.73. The Morgan fingerprint density at radius 3 is 2.68 bits per heavy atom. The minimum atomic E-state index is -0.0417. The van der Waals surface area contributed by atoms with Crippen LogP contribution in [-0.4, -0.2) is 44.7 Å². The van der Waals surface area contributed by atoms with Gasteiger partial charge < -0.3 is 10.2 Å². The second-order valence-electron chi connectivity index (χ2n) is 5.73. The average Bonchev–Trinajstić information content (AvgIpc) is 3.15. The fraction of sp³-hybridized carbons (Fsp3) is 0.222. The quantitative estimate of drug-likeness (QED) is 0.745. The van der Waals surface area contributed by atoms with Crippen molar-refractivity contribution in [3.63, 3.8) is 0 Å². The number of nitrogens with one attached hydrogen (secondary N) is 1. The highest BCUT2D eigenvalue weighted by atomic mass is 16.2. The van der Waals surface area contributed by atoms with E-state index in [2.05, 4.69) is 20.4 Å². The minimum absolute atomic E-state index is 0.0417. The number of benzene rings is 1. The standard InChI is InChI=1S/C18H20N6O/c1-19-18-20-10-15(11-21-18)12-23(2)17(25)16-6-3-5-14(9-16)13-24-8-4-7-22-24/h3-11H,12-13H2,1-2H3,(H,19,20,21). The highest BCUT2D eigenvalue weighted by Crippen LogP contribution is 2.11. The highest BCUT2D eigenvalue weighted by molar-refractivity contribution is 5.94. The zero-order chi connectivity index (χ0) is 17.6. The molecule has 0 radical (unpaired) electrons. The summed E-state index contributed by atoms with van der Waals surface area (Å²) >= 11 is 0. The van der Waals surface area contributed by atoms with Crippen molar-refractivity contribution in [3.05, 3.63) is 71.8 Å². The van der Waals surface area contributed by atoms with Gasteiger partial charge in [0.2, 0.25) is 5.95 Å². The molecule has 0 spiro atoms. The van der Waals surface area contributed by atoms with Gasteiger partial charge in [-0.05, 0) is 23.8 Å². The number of anilines is 1. The number of rotatable bonds is 6. The summed E-state index contributed by atoms with van der Waals surface area (Å²) < 4.78 is 1.83. The smallest absolute Gasteiger partial charge is 0.253 e. The van der Waals surface area contributed by atoms with Gasteiger partial charge in [0.05, 0.1) is 6.54 Å². The Kier molecular flexibility index (Phi) is 5.03. The first-order chi connectivity index (χ1) is 12.2. The van der Waals surface area contributed by atoms with Crippen LogP contribution in [0.15, 0.2) is 55.1 Å². The van der Waals surface area contributed by atoms with Crippen molar-refractivity contribution in [1.29, 1.82) is 0 Å². The van der Waals surface area contributed by atoms with Gasteiger partial charge in [0.15, 0.2) is 0 Å². The molecule has 2 heterocycles. The minimum Gasteiger partial charge on any atom is -0.357 e. The van der Waals surface area contributed by atoms with Crippen molar-refractivity contribution in [3.8, 4) is 0 Å². The van der Waals surface area contributed by atoms with Crippen LogP contribution in [0.25, 0.3) is 0 Å². The van der Waals surface area contributed by atoms with Crippen LogP contribution >= 0.6 is 0 Å². The van der Waals surface area contributed by atoms with Crippen LogP contribution in [0.2, 0.25) is 0 Å². The SMILES string of the molecule is CNc1ncc(CN(C)C(=O)c2cccc(Cn3cccn3)c2)cn1. The van der Waals surface area contributed by atoms with E-state index in [0.717, 1.165) is 11.1 Å². The fourth-order valence-electron chi connectivity index (χ4n) is 2.52. The molecule has 0 aliphatic carbocycles. The molecule has 3 rings (SSSR count). The Morgan fingerprint density at radius 2 is 2.00 bits per heavy atom. The molecule has 1 aromatic carbocycles. The van der Waals surface area contributed by atoms with Crippen molar-refractivity contribution >= 4 is 11.9 Å². The van der Waals surface area contributed by atoms with Gasteiger partial charge in [0, 0.05) is 56.6 Å². The normalized spacial score (nSPS) is 10.5. The van der Waals surface area contributed by atoms with Crippen molar-refractivity contribution < 1.29 is 4.79 Å². The molecule has 0 aliphatic rings. The predicted octanol–water partition coefficient (Wildman–Crippen LogP) is 2.04. The molecule has 25 heavy (non-hydrogen) atoms. The van der Waals surface area contributed by atoms with Crippen LogP contribution < -0.4 is 5.32 Å². The van der Waals surface area contributed by atoms with E-state index in [1.807, 2.05) is 41.2 Å². The summed E-state index contributed by atoms with van der Waals surface area (Å²) in [6.45, 7) is 1.09. The molecule has 0 aliphatic heterocycles. The number of hydrogen-bond donors (Lipinski definition) is 1. The number of carbonyl (C=O) groups excluding carboxylic acids is 1. The van der Waals surface area contributed by atoms with Gasteiger partial charge in [0.1, 0.15) is 0 Å². The van der Waals surface area contributed by atoms with Crippen LogP contribution in [0.1, 0.15) is 21.5 Å². The van der Waals surface area contributed by atoms with Crippen LogP contribution in [0.4, 0.5) is 5.95 Å². The summed E-state index contributed by atoms with van der Waals surface area (Å²) in [6.07, 6.45) is 7.08. The number of nitrogens with zero attached hydrogens (tertiary/aromatic N) is 5. The van der Waals surface area contributed by atoms with Crippen LogP contribution in [-0.2, 0) is 13.1 Å². The zero-order valence-electron chi connectivity index (χ0n) is 14.3. The molecule has 1 N–H and O–H groups in total. The van der Waals surface area contributed by atoms with Crippen LogP contribution in [0.5, 0.6) is 0 Å². The first kappa shape index (κ1) is 16.6. The Bertz CT molecular complexity index is 829. The summed E-state index contributed by atoms with van der Waals surface area (Å²) in [6, 6.07) is 9.49. The maximum atomic E-state index is 12.7. The van der Waals surface area contributed by atoms with E-state index in [1.165, 1.54) is 0 Å². The number of aromatic nitrogens is 4. The molecule has 2 aromatic heterocycles. The van der Waals surface area contributed by atoms with Gasteiger partial charge >= 0.3 is 0 Å². The molecule has 0 atom stereocenters. The van der Waals surface area contributed by atoms with Gasteiger partial charge in [0.25, 0.3) is 5.91 Å². The summed E-state index contributed by atoms with van der Waals surface area (Å²) in [5.74, 6) is 0.518. The van der Waals surface area contributed by atoms with Gasteiger partial charge in [-0.1, -0.05) is 12.1 Å². The highest BCUT2D eigenvalue weighted by Gasteiger charge is 2.13. The van der Waals surface area contributed by atoms with Crippen molar-refractivity contribution in [2.75, 3.05) is 19.4 Å². The number of hydrogen-bond acceptors (Lipinski definition) is 5. The average molecular weight is 336 g/mol. The van der Waals surface area contributed by atoms with Gasteiger partial charge in [-0.15, -0.1) is 0 Å². The summed E-state index contributed by atoms with van der Waals surface area (Å²) in [5.41, 5.74) is 2.56. The molecule has 128 valence electrons. The van der Waals surface area contributed by atoms with E-state index in [9.17, 15) is 4.79 Å². The van der Waals surface area contributed by atoms with Gasteiger partial charge in [-0.25, -0.2) is 9.97 Å². The van der Waals surface area contributed by atoms with Crippen LogP contribution in [0, 0.1) is 0 Å². The lowest BCUT2D eigenvalue weighted by atomic mass is 10.1.